The van der Waals surface area contributed by atoms with Gasteiger partial charge in [-0.15, -0.1) is 11.3 Å². The van der Waals surface area contributed by atoms with Gasteiger partial charge in [0, 0.05) is 18.7 Å². The minimum atomic E-state index is -0.0698. The van der Waals surface area contributed by atoms with Gasteiger partial charge in [-0.1, -0.05) is 22.9 Å². The lowest BCUT2D eigenvalue weighted by molar-refractivity contribution is 0.0950. The number of hydrogen-bond acceptors (Lipinski definition) is 2. The van der Waals surface area contributed by atoms with Gasteiger partial charge < -0.3 is 5.32 Å². The summed E-state index contributed by atoms with van der Waals surface area (Å²) in [5, 5.41) is 2.94. The summed E-state index contributed by atoms with van der Waals surface area (Å²) < 4.78 is 1.69. The van der Waals surface area contributed by atoms with Crippen molar-refractivity contribution in [1.29, 1.82) is 0 Å². The molecule has 2 aromatic rings. The minimum Gasteiger partial charge on any atom is -0.347 e. The number of amides is 1. The summed E-state index contributed by atoms with van der Waals surface area (Å²) >= 11 is 8.51. The third-order valence-electron chi connectivity index (χ3n) is 2.66. The van der Waals surface area contributed by atoms with E-state index >= 15 is 0 Å². The number of carbonyl (C=O) groups excluding carboxylic acids is 1. The second-order valence-corrected chi connectivity index (χ2v) is 7.05. The highest BCUT2D eigenvalue weighted by atomic mass is 79.9. The molecule has 0 bridgehead atoms. The molecule has 19 heavy (non-hydrogen) atoms. The number of nitrogens with one attached hydrogen (secondary N) is 1. The minimum absolute atomic E-state index is 0.0698. The molecule has 0 saturated heterocycles. The van der Waals surface area contributed by atoms with Crippen molar-refractivity contribution in [2.45, 2.75) is 19.9 Å². The van der Waals surface area contributed by atoms with E-state index in [2.05, 4.69) is 56.2 Å². The van der Waals surface area contributed by atoms with Crippen LogP contribution < -0.4 is 5.32 Å². The molecule has 2 nitrogen and oxygen atoms in total. The molecule has 2 rings (SSSR count). The van der Waals surface area contributed by atoms with E-state index in [-0.39, 0.29) is 5.91 Å². The van der Waals surface area contributed by atoms with Crippen LogP contribution in [-0.4, -0.2) is 5.91 Å². The van der Waals surface area contributed by atoms with Crippen LogP contribution in [0.25, 0.3) is 0 Å². The molecule has 1 aromatic heterocycles. The van der Waals surface area contributed by atoms with E-state index in [1.165, 1.54) is 9.75 Å². The van der Waals surface area contributed by atoms with Gasteiger partial charge in [-0.2, -0.15) is 0 Å². The summed E-state index contributed by atoms with van der Waals surface area (Å²) in [6, 6.07) is 9.75. The molecule has 0 atom stereocenters. The van der Waals surface area contributed by atoms with Crippen molar-refractivity contribution in [3.05, 3.63) is 54.6 Å². The molecule has 1 aromatic carbocycles. The topological polar surface area (TPSA) is 29.1 Å². The molecule has 1 amide bonds. The zero-order valence-electron chi connectivity index (χ0n) is 10.4. The quantitative estimate of drug-likeness (QED) is 0.784. The maximum atomic E-state index is 12.1. The summed E-state index contributed by atoms with van der Waals surface area (Å²) in [7, 11) is 0. The van der Waals surface area contributed by atoms with Gasteiger partial charge in [0.1, 0.15) is 0 Å². The predicted molar refractivity (Wildman–Crippen MR) is 86.7 cm³/mol. The first-order valence-corrected chi connectivity index (χ1v) is 8.31. The Morgan fingerprint density at radius 3 is 2.63 bits per heavy atom. The summed E-state index contributed by atoms with van der Waals surface area (Å²) in [6.07, 6.45) is 1.04. The largest absolute Gasteiger partial charge is 0.347 e. The highest BCUT2D eigenvalue weighted by Gasteiger charge is 2.10. The fourth-order valence-corrected chi connectivity index (χ4v) is 3.33. The van der Waals surface area contributed by atoms with Crippen LogP contribution in [0.15, 0.2) is 39.3 Å². The number of thiophene rings is 1. The van der Waals surface area contributed by atoms with Gasteiger partial charge in [-0.3, -0.25) is 4.79 Å². The Balaban J connectivity index is 2.03. The average molecular weight is 403 g/mol. The molecule has 0 aliphatic rings. The van der Waals surface area contributed by atoms with Crippen molar-refractivity contribution in [3.63, 3.8) is 0 Å². The highest BCUT2D eigenvalue weighted by molar-refractivity contribution is 9.11. The molecule has 0 aliphatic heterocycles. The van der Waals surface area contributed by atoms with Gasteiger partial charge in [0.05, 0.1) is 12.1 Å². The number of carbonyl (C=O) groups is 1. The van der Waals surface area contributed by atoms with Crippen LogP contribution in [-0.2, 0) is 13.0 Å². The zero-order valence-corrected chi connectivity index (χ0v) is 14.4. The Kier molecular flexibility index (Phi) is 5.19. The number of benzene rings is 1. The summed E-state index contributed by atoms with van der Waals surface area (Å²) in [4.78, 5) is 14.6. The molecular weight excluding hydrogens is 390 g/mol. The van der Waals surface area contributed by atoms with E-state index in [1.54, 1.807) is 11.3 Å². The molecular formula is C14H13Br2NOS. The van der Waals surface area contributed by atoms with Gasteiger partial charge in [0.15, 0.2) is 0 Å². The molecule has 1 heterocycles. The highest BCUT2D eigenvalue weighted by Crippen LogP contribution is 2.22. The maximum absolute atomic E-state index is 12.1. The Morgan fingerprint density at radius 1 is 1.21 bits per heavy atom. The van der Waals surface area contributed by atoms with Crippen LogP contribution in [0, 0.1) is 0 Å². The van der Waals surface area contributed by atoms with Crippen LogP contribution >= 0.6 is 43.2 Å². The van der Waals surface area contributed by atoms with Crippen molar-refractivity contribution < 1.29 is 4.79 Å². The molecule has 100 valence electrons. The van der Waals surface area contributed by atoms with Crippen LogP contribution in [0.2, 0.25) is 0 Å². The number of rotatable bonds is 4. The average Bonchev–Trinajstić information content (AvgIpc) is 2.87. The lowest BCUT2D eigenvalue weighted by Crippen LogP contribution is -2.22. The monoisotopic (exact) mass is 401 g/mol. The van der Waals surface area contributed by atoms with Crippen molar-refractivity contribution in [3.8, 4) is 0 Å². The van der Waals surface area contributed by atoms with E-state index < -0.39 is 0 Å². The van der Waals surface area contributed by atoms with Gasteiger partial charge in [-0.25, -0.2) is 0 Å². The van der Waals surface area contributed by atoms with Crippen molar-refractivity contribution in [2.75, 3.05) is 0 Å². The summed E-state index contributed by atoms with van der Waals surface area (Å²) in [5.74, 6) is -0.0698. The summed E-state index contributed by atoms with van der Waals surface area (Å²) in [5.41, 5.74) is 0.640. The Labute approximate surface area is 133 Å². The van der Waals surface area contributed by atoms with Crippen molar-refractivity contribution in [2.24, 2.45) is 0 Å². The van der Waals surface area contributed by atoms with Crippen LogP contribution in [0.1, 0.15) is 27.0 Å². The molecule has 0 spiro atoms. The molecule has 0 saturated carbocycles. The van der Waals surface area contributed by atoms with Crippen LogP contribution in [0.3, 0.4) is 0 Å². The standard InChI is InChI=1S/C14H13Br2NOS/c1-2-10-4-5-11(19-10)8-17-14(18)12-7-9(15)3-6-13(12)16/h3-7H,2,8H2,1H3,(H,17,18). The molecule has 5 heteroatoms. The van der Waals surface area contributed by atoms with Crippen molar-refractivity contribution in [1.82, 2.24) is 5.32 Å². The van der Waals surface area contributed by atoms with E-state index in [0.29, 0.717) is 12.1 Å². The van der Waals surface area contributed by atoms with Gasteiger partial charge in [0.2, 0.25) is 0 Å². The first-order chi connectivity index (χ1) is 9.10. The first kappa shape index (κ1) is 14.8. The predicted octanol–water partition coefficient (Wildman–Crippen LogP) is 4.77. The fourth-order valence-electron chi connectivity index (χ4n) is 1.64. The van der Waals surface area contributed by atoms with E-state index in [0.717, 1.165) is 15.4 Å². The number of aryl methyl sites for hydroxylation is 1. The Hall–Kier alpha value is -0.650. The molecule has 0 radical (unpaired) electrons. The maximum Gasteiger partial charge on any atom is 0.252 e. The summed E-state index contributed by atoms with van der Waals surface area (Å²) in [6.45, 7) is 2.70. The number of hydrogen-bond donors (Lipinski definition) is 1. The van der Waals surface area contributed by atoms with E-state index in [9.17, 15) is 4.79 Å². The fraction of sp³-hybridized carbons (Fsp3) is 0.214. The van der Waals surface area contributed by atoms with E-state index in [1.807, 2.05) is 18.2 Å². The van der Waals surface area contributed by atoms with Crippen molar-refractivity contribution >= 4 is 49.1 Å². The SMILES string of the molecule is CCc1ccc(CNC(=O)c2cc(Br)ccc2Br)s1. The zero-order chi connectivity index (χ0) is 13.8. The Morgan fingerprint density at radius 2 is 1.95 bits per heavy atom. The second-order valence-electron chi connectivity index (χ2n) is 4.03. The lowest BCUT2D eigenvalue weighted by atomic mass is 10.2. The third kappa shape index (κ3) is 3.91. The molecule has 0 unspecified atom stereocenters. The number of halogens is 2. The molecule has 1 N–H and O–H groups in total. The van der Waals surface area contributed by atoms with Gasteiger partial charge in [0.25, 0.3) is 5.91 Å². The normalized spacial score (nSPS) is 10.5. The van der Waals surface area contributed by atoms with Crippen LogP contribution in [0.4, 0.5) is 0 Å². The van der Waals surface area contributed by atoms with Gasteiger partial charge in [-0.05, 0) is 52.7 Å². The third-order valence-corrected chi connectivity index (χ3v) is 5.08. The van der Waals surface area contributed by atoms with E-state index in [4.69, 9.17) is 0 Å². The smallest absolute Gasteiger partial charge is 0.252 e. The molecule has 0 fully saturated rings. The Bertz CT molecular complexity index is 595. The first-order valence-electron chi connectivity index (χ1n) is 5.91. The molecule has 0 aliphatic carbocycles. The van der Waals surface area contributed by atoms with Crippen LogP contribution in [0.5, 0.6) is 0 Å². The lowest BCUT2D eigenvalue weighted by Gasteiger charge is -2.06. The van der Waals surface area contributed by atoms with Gasteiger partial charge >= 0.3 is 0 Å². The second kappa shape index (κ2) is 6.68.